The fourth-order valence-corrected chi connectivity index (χ4v) is 3.52. The number of ether oxygens (including phenoxy) is 2. The number of carbonyl (C=O) groups is 2. The zero-order valence-corrected chi connectivity index (χ0v) is 18.9. The molecule has 0 saturated heterocycles. The molecular weight excluding hydrogens is 408 g/mol. The van der Waals surface area contributed by atoms with Gasteiger partial charge in [-0.15, -0.1) is 0 Å². The Morgan fingerprint density at radius 2 is 1.97 bits per heavy atom. The highest BCUT2D eigenvalue weighted by atomic mass is 35.5. The van der Waals surface area contributed by atoms with Crippen molar-refractivity contribution in [2.24, 2.45) is 7.05 Å². The highest BCUT2D eigenvalue weighted by Crippen LogP contribution is 2.32. The van der Waals surface area contributed by atoms with Crippen LogP contribution in [-0.2, 0) is 24.8 Å². The number of carbonyl (C=O) groups excluding carboxylic acids is 2. The van der Waals surface area contributed by atoms with Crippen LogP contribution in [0.2, 0.25) is 5.02 Å². The van der Waals surface area contributed by atoms with Crippen LogP contribution in [0.4, 0.5) is 10.5 Å². The largest absolute Gasteiger partial charge is 0.495 e. The fourth-order valence-electron chi connectivity index (χ4n) is 3.37. The molecule has 0 fully saturated rings. The maximum atomic E-state index is 13.1. The molecule has 2 amide bonds. The molecule has 8 nitrogen and oxygen atoms in total. The van der Waals surface area contributed by atoms with Gasteiger partial charge in [0.25, 0.3) is 5.91 Å². The van der Waals surface area contributed by atoms with Crippen molar-refractivity contribution in [1.82, 2.24) is 14.7 Å². The highest BCUT2D eigenvalue weighted by Gasteiger charge is 2.31. The summed E-state index contributed by atoms with van der Waals surface area (Å²) in [5.41, 5.74) is 2.65. The summed E-state index contributed by atoms with van der Waals surface area (Å²) in [5.74, 6) is 0.0806. The highest BCUT2D eigenvalue weighted by molar-refractivity contribution is 6.31. The average Bonchev–Trinajstić information content (AvgIpc) is 2.99. The number of hydrogen-bond donors (Lipinski definition) is 1. The van der Waals surface area contributed by atoms with Crippen LogP contribution >= 0.6 is 11.6 Å². The number of benzene rings is 1. The Balaban J connectivity index is 1.86. The molecule has 0 bridgehead atoms. The Labute approximate surface area is 181 Å². The number of nitrogens with zero attached hydrogens (tertiary/aromatic N) is 3. The summed E-state index contributed by atoms with van der Waals surface area (Å²) < 4.78 is 12.5. The molecule has 0 unspecified atom stereocenters. The van der Waals surface area contributed by atoms with Crippen LogP contribution in [0, 0.1) is 6.92 Å². The van der Waals surface area contributed by atoms with Crippen molar-refractivity contribution in [2.75, 3.05) is 19.0 Å². The van der Waals surface area contributed by atoms with E-state index in [-0.39, 0.29) is 18.1 Å². The van der Waals surface area contributed by atoms with Gasteiger partial charge in [0.2, 0.25) is 0 Å². The van der Waals surface area contributed by atoms with E-state index < -0.39 is 11.7 Å². The lowest BCUT2D eigenvalue weighted by Crippen LogP contribution is -2.40. The Morgan fingerprint density at radius 3 is 2.60 bits per heavy atom. The molecule has 162 valence electrons. The molecule has 0 spiro atoms. The van der Waals surface area contributed by atoms with Crippen molar-refractivity contribution in [2.45, 2.75) is 46.3 Å². The Kier molecular flexibility index (Phi) is 5.99. The summed E-state index contributed by atoms with van der Waals surface area (Å²) in [6.07, 6.45) is 0.188. The predicted molar refractivity (Wildman–Crippen MR) is 114 cm³/mol. The minimum absolute atomic E-state index is 0.262. The molecule has 2 heterocycles. The second-order valence-corrected chi connectivity index (χ2v) is 8.71. The van der Waals surface area contributed by atoms with Crippen molar-refractivity contribution < 1.29 is 19.1 Å². The van der Waals surface area contributed by atoms with Crippen molar-refractivity contribution >= 4 is 29.3 Å². The van der Waals surface area contributed by atoms with Crippen LogP contribution in [0.25, 0.3) is 0 Å². The van der Waals surface area contributed by atoms with Gasteiger partial charge >= 0.3 is 6.09 Å². The van der Waals surface area contributed by atoms with E-state index in [1.54, 1.807) is 28.8 Å². The van der Waals surface area contributed by atoms with E-state index in [0.717, 1.165) is 16.8 Å². The van der Waals surface area contributed by atoms with Gasteiger partial charge in [-0.3, -0.25) is 9.48 Å². The van der Waals surface area contributed by atoms with E-state index in [9.17, 15) is 9.59 Å². The van der Waals surface area contributed by atoms with Crippen LogP contribution in [0.3, 0.4) is 0 Å². The molecular formula is C21H27ClN4O4. The third-order valence-corrected chi connectivity index (χ3v) is 5.25. The molecule has 1 aliphatic heterocycles. The molecule has 0 radical (unpaired) electrons. The van der Waals surface area contributed by atoms with Gasteiger partial charge in [-0.1, -0.05) is 11.6 Å². The smallest absolute Gasteiger partial charge is 0.410 e. The average molecular weight is 435 g/mol. The van der Waals surface area contributed by atoms with Crippen LogP contribution in [0.1, 0.15) is 48.1 Å². The van der Waals surface area contributed by atoms with E-state index in [0.29, 0.717) is 29.4 Å². The van der Waals surface area contributed by atoms with Crippen LogP contribution in [-0.4, -0.2) is 45.9 Å². The summed E-state index contributed by atoms with van der Waals surface area (Å²) in [5, 5.41) is 7.82. The summed E-state index contributed by atoms with van der Waals surface area (Å²) >= 11 is 6.15. The number of fused-ring (bicyclic) bond motifs is 1. The second-order valence-electron chi connectivity index (χ2n) is 8.31. The summed E-state index contributed by atoms with van der Waals surface area (Å²) in [4.78, 5) is 27.2. The van der Waals surface area contributed by atoms with Crippen LogP contribution in [0.5, 0.6) is 5.75 Å². The van der Waals surface area contributed by atoms with Crippen molar-refractivity contribution in [3.63, 3.8) is 0 Å². The monoisotopic (exact) mass is 434 g/mol. The zero-order chi connectivity index (χ0) is 22.2. The van der Waals surface area contributed by atoms with E-state index in [2.05, 4.69) is 10.4 Å². The van der Waals surface area contributed by atoms with Gasteiger partial charge in [-0.05, 0) is 39.3 Å². The first-order valence-electron chi connectivity index (χ1n) is 9.68. The van der Waals surface area contributed by atoms with Crippen molar-refractivity contribution in [3.05, 3.63) is 39.7 Å². The number of amides is 2. The maximum Gasteiger partial charge on any atom is 0.410 e. The quantitative estimate of drug-likeness (QED) is 0.790. The summed E-state index contributed by atoms with van der Waals surface area (Å²) in [7, 11) is 3.31. The number of halogens is 1. The number of nitrogens with one attached hydrogen (secondary N) is 1. The number of rotatable bonds is 3. The molecule has 1 aromatic heterocycles. The zero-order valence-electron chi connectivity index (χ0n) is 18.1. The molecule has 2 aromatic rings. The number of methoxy groups -OCH3 is 1. The minimum Gasteiger partial charge on any atom is -0.495 e. The second kappa shape index (κ2) is 8.18. The Hall–Kier alpha value is -2.74. The number of anilines is 1. The molecule has 9 heteroatoms. The van der Waals surface area contributed by atoms with Crippen LogP contribution in [0.15, 0.2) is 12.1 Å². The molecule has 0 atom stereocenters. The van der Waals surface area contributed by atoms with E-state index in [1.165, 1.54) is 7.11 Å². The van der Waals surface area contributed by atoms with Gasteiger partial charge in [-0.25, -0.2) is 4.79 Å². The lowest BCUT2D eigenvalue weighted by molar-refractivity contribution is 0.0222. The Bertz CT molecular complexity index is 994. The van der Waals surface area contributed by atoms with E-state index >= 15 is 0 Å². The summed E-state index contributed by atoms with van der Waals surface area (Å²) in [6, 6.07) is 3.41. The maximum absolute atomic E-state index is 13.1. The Morgan fingerprint density at radius 1 is 1.27 bits per heavy atom. The first-order chi connectivity index (χ1) is 14.0. The number of aromatic nitrogens is 2. The van der Waals surface area contributed by atoms with Gasteiger partial charge in [0.15, 0.2) is 5.69 Å². The number of aryl methyl sites for hydroxylation is 2. The molecule has 1 aromatic carbocycles. The lowest BCUT2D eigenvalue weighted by atomic mass is 10.0. The van der Waals surface area contributed by atoms with Gasteiger partial charge in [0, 0.05) is 42.4 Å². The first-order valence-corrected chi connectivity index (χ1v) is 10.1. The number of hydrogen-bond acceptors (Lipinski definition) is 5. The molecule has 1 N–H and O–H groups in total. The van der Waals surface area contributed by atoms with Gasteiger partial charge in [0.1, 0.15) is 11.4 Å². The SMILES string of the molecule is COc1cc(Cl)c(C)cc1NC(=O)c1nn(C)c2c1CN(C(=O)OC(C)(C)C)CC2. The topological polar surface area (TPSA) is 85.7 Å². The van der Waals surface area contributed by atoms with Crippen molar-refractivity contribution in [3.8, 4) is 5.75 Å². The molecule has 3 rings (SSSR count). The lowest BCUT2D eigenvalue weighted by Gasteiger charge is -2.30. The minimum atomic E-state index is -0.588. The van der Waals surface area contributed by atoms with Crippen LogP contribution < -0.4 is 10.1 Å². The first kappa shape index (κ1) is 22.0. The standard InChI is InChI=1S/C21H27ClN4O4/c1-12-9-15(17(29-6)10-14(12)22)23-19(27)18-13-11-26(20(28)30-21(2,3)4)8-7-16(13)25(5)24-18/h9-10H,7-8,11H2,1-6H3,(H,23,27). The predicted octanol–water partition coefficient (Wildman–Crippen LogP) is 3.94. The van der Waals surface area contributed by atoms with E-state index in [1.807, 2.05) is 27.7 Å². The normalized spacial score (nSPS) is 13.6. The van der Waals surface area contributed by atoms with Gasteiger partial charge in [-0.2, -0.15) is 5.10 Å². The third-order valence-electron chi connectivity index (χ3n) is 4.84. The molecule has 0 saturated carbocycles. The third kappa shape index (κ3) is 4.53. The molecule has 30 heavy (non-hydrogen) atoms. The van der Waals surface area contributed by atoms with Gasteiger partial charge in [0.05, 0.1) is 19.3 Å². The van der Waals surface area contributed by atoms with Crippen molar-refractivity contribution in [1.29, 1.82) is 0 Å². The summed E-state index contributed by atoms with van der Waals surface area (Å²) in [6.45, 7) is 8.09. The van der Waals surface area contributed by atoms with E-state index in [4.69, 9.17) is 21.1 Å². The van der Waals surface area contributed by atoms with Gasteiger partial charge < -0.3 is 19.7 Å². The molecule has 1 aliphatic rings. The molecule has 0 aliphatic carbocycles. The fraction of sp³-hybridized carbons (Fsp3) is 0.476.